The zero-order valence-electron chi connectivity index (χ0n) is 13.5. The Morgan fingerprint density at radius 1 is 1.29 bits per heavy atom. The fraction of sp³-hybridized carbons (Fsp3) is 0.667. The van der Waals surface area contributed by atoms with Crippen molar-refractivity contribution in [3.63, 3.8) is 0 Å². The molecule has 0 heterocycles. The van der Waals surface area contributed by atoms with Gasteiger partial charge in [-0.3, -0.25) is 0 Å². The van der Waals surface area contributed by atoms with Crippen molar-refractivity contribution in [1.82, 2.24) is 5.32 Å². The maximum Gasteiger partial charge on any atom is 0.123 e. The highest BCUT2D eigenvalue weighted by Gasteiger charge is 2.41. The normalized spacial score (nSPS) is 27.5. The van der Waals surface area contributed by atoms with Crippen LogP contribution in [0.3, 0.4) is 0 Å². The average Bonchev–Trinajstić information content (AvgIpc) is 2.49. The molecule has 2 rings (SSSR count). The molecule has 21 heavy (non-hydrogen) atoms. The van der Waals surface area contributed by atoms with E-state index in [1.54, 1.807) is 12.1 Å². The number of benzene rings is 1. The van der Waals surface area contributed by atoms with Crippen molar-refractivity contribution in [2.75, 3.05) is 13.7 Å². The molecule has 0 aromatic heterocycles. The lowest BCUT2D eigenvalue weighted by atomic mass is 9.73. The molecule has 0 amide bonds. The van der Waals surface area contributed by atoms with Crippen molar-refractivity contribution in [3.05, 3.63) is 35.6 Å². The SMILES string of the molecule is CCOC1(C(Cc2ccc(F)cc2)NC)CCC(C)CC1. The number of hydrogen-bond donors (Lipinski definition) is 1. The van der Waals surface area contributed by atoms with Crippen LogP contribution in [-0.2, 0) is 11.2 Å². The summed E-state index contributed by atoms with van der Waals surface area (Å²) < 4.78 is 19.3. The molecule has 0 aliphatic heterocycles. The van der Waals surface area contributed by atoms with Crippen LogP contribution >= 0.6 is 0 Å². The van der Waals surface area contributed by atoms with Crippen molar-refractivity contribution in [2.24, 2.45) is 5.92 Å². The van der Waals surface area contributed by atoms with Gasteiger partial charge in [-0.2, -0.15) is 0 Å². The number of hydrogen-bond acceptors (Lipinski definition) is 2. The molecule has 0 radical (unpaired) electrons. The predicted molar refractivity (Wildman–Crippen MR) is 84.9 cm³/mol. The summed E-state index contributed by atoms with van der Waals surface area (Å²) in [5.41, 5.74) is 1.08. The molecule has 1 saturated carbocycles. The molecule has 1 N–H and O–H groups in total. The van der Waals surface area contributed by atoms with Gasteiger partial charge in [0.2, 0.25) is 0 Å². The number of ether oxygens (including phenoxy) is 1. The Labute approximate surface area is 128 Å². The van der Waals surface area contributed by atoms with Crippen LogP contribution in [0, 0.1) is 11.7 Å². The van der Waals surface area contributed by atoms with Crippen LogP contribution in [0.25, 0.3) is 0 Å². The maximum absolute atomic E-state index is 13.1. The van der Waals surface area contributed by atoms with E-state index in [4.69, 9.17) is 4.74 Å². The summed E-state index contributed by atoms with van der Waals surface area (Å²) in [5.74, 6) is 0.618. The molecule has 118 valence electrons. The van der Waals surface area contributed by atoms with E-state index in [1.165, 1.54) is 12.8 Å². The van der Waals surface area contributed by atoms with Crippen molar-refractivity contribution < 1.29 is 9.13 Å². The molecule has 1 atom stereocenters. The van der Waals surface area contributed by atoms with E-state index in [0.717, 1.165) is 37.4 Å². The van der Waals surface area contributed by atoms with Crippen LogP contribution < -0.4 is 5.32 Å². The van der Waals surface area contributed by atoms with Crippen molar-refractivity contribution >= 4 is 0 Å². The lowest BCUT2D eigenvalue weighted by Crippen LogP contribution is -2.54. The molecule has 0 saturated heterocycles. The highest BCUT2D eigenvalue weighted by Crippen LogP contribution is 2.38. The molecule has 1 aliphatic carbocycles. The largest absolute Gasteiger partial charge is 0.374 e. The Kier molecular flexibility index (Phi) is 5.77. The molecule has 1 aromatic rings. The van der Waals surface area contributed by atoms with Gasteiger partial charge in [-0.15, -0.1) is 0 Å². The van der Waals surface area contributed by atoms with E-state index < -0.39 is 0 Å². The summed E-state index contributed by atoms with van der Waals surface area (Å²) >= 11 is 0. The zero-order valence-corrected chi connectivity index (χ0v) is 13.5. The van der Waals surface area contributed by atoms with Crippen LogP contribution in [0.1, 0.15) is 45.1 Å². The number of rotatable bonds is 6. The van der Waals surface area contributed by atoms with Gasteiger partial charge in [-0.05, 0) is 69.7 Å². The monoisotopic (exact) mass is 293 g/mol. The third-order valence-corrected chi connectivity index (χ3v) is 4.89. The molecule has 1 aliphatic rings. The third-order valence-electron chi connectivity index (χ3n) is 4.89. The summed E-state index contributed by atoms with van der Waals surface area (Å²) in [4.78, 5) is 0. The fourth-order valence-electron chi connectivity index (χ4n) is 3.54. The second-order valence-electron chi connectivity index (χ2n) is 6.35. The van der Waals surface area contributed by atoms with Crippen LogP contribution in [0.4, 0.5) is 4.39 Å². The summed E-state index contributed by atoms with van der Waals surface area (Å²) in [5, 5.41) is 3.46. The standard InChI is InChI=1S/C18H28FNO/c1-4-21-18(11-9-14(2)10-12-18)17(20-3)13-15-5-7-16(19)8-6-15/h5-8,14,17,20H,4,9-13H2,1-3H3. The van der Waals surface area contributed by atoms with Gasteiger partial charge in [0, 0.05) is 12.6 Å². The lowest BCUT2D eigenvalue weighted by molar-refractivity contribution is -0.0947. The summed E-state index contributed by atoms with van der Waals surface area (Å²) in [7, 11) is 2.01. The number of halogens is 1. The van der Waals surface area contributed by atoms with E-state index in [-0.39, 0.29) is 17.5 Å². The highest BCUT2D eigenvalue weighted by atomic mass is 19.1. The number of nitrogens with one attached hydrogen (secondary N) is 1. The highest BCUT2D eigenvalue weighted by molar-refractivity contribution is 5.18. The van der Waals surface area contributed by atoms with E-state index in [2.05, 4.69) is 19.2 Å². The first-order valence-electron chi connectivity index (χ1n) is 8.15. The first-order valence-corrected chi connectivity index (χ1v) is 8.15. The average molecular weight is 293 g/mol. The lowest BCUT2D eigenvalue weighted by Gasteiger charge is -2.45. The molecule has 1 fully saturated rings. The molecule has 3 heteroatoms. The zero-order chi connectivity index (χ0) is 15.3. The van der Waals surface area contributed by atoms with Gasteiger partial charge in [0.1, 0.15) is 5.82 Å². The van der Waals surface area contributed by atoms with Gasteiger partial charge in [-0.1, -0.05) is 19.1 Å². The minimum absolute atomic E-state index is 0.0790. The minimum Gasteiger partial charge on any atom is -0.374 e. The van der Waals surface area contributed by atoms with Crippen LogP contribution in [0.15, 0.2) is 24.3 Å². The smallest absolute Gasteiger partial charge is 0.123 e. The summed E-state index contributed by atoms with van der Waals surface area (Å²) in [6, 6.07) is 7.11. The quantitative estimate of drug-likeness (QED) is 0.857. The fourth-order valence-corrected chi connectivity index (χ4v) is 3.54. The Morgan fingerprint density at radius 3 is 2.43 bits per heavy atom. The van der Waals surface area contributed by atoms with Gasteiger partial charge >= 0.3 is 0 Å². The summed E-state index contributed by atoms with van der Waals surface area (Å²) in [6.45, 7) is 5.14. The van der Waals surface area contributed by atoms with Crippen molar-refractivity contribution in [3.8, 4) is 0 Å². The molecular formula is C18H28FNO. The van der Waals surface area contributed by atoms with E-state index in [1.807, 2.05) is 19.2 Å². The van der Waals surface area contributed by atoms with Crippen LogP contribution in [0.5, 0.6) is 0 Å². The van der Waals surface area contributed by atoms with Crippen molar-refractivity contribution in [2.45, 2.75) is 57.6 Å². The second kappa shape index (κ2) is 7.37. The van der Waals surface area contributed by atoms with Gasteiger partial charge < -0.3 is 10.1 Å². The molecule has 0 spiro atoms. The van der Waals surface area contributed by atoms with Gasteiger partial charge in [0.05, 0.1) is 5.60 Å². The van der Waals surface area contributed by atoms with Gasteiger partial charge in [-0.25, -0.2) is 4.39 Å². The molecule has 0 bridgehead atoms. The maximum atomic E-state index is 13.1. The predicted octanol–water partition coefficient (Wildman–Crippen LogP) is 3.94. The van der Waals surface area contributed by atoms with Crippen LogP contribution in [0.2, 0.25) is 0 Å². The molecule has 2 nitrogen and oxygen atoms in total. The minimum atomic E-state index is -0.175. The Morgan fingerprint density at radius 2 is 1.90 bits per heavy atom. The Hall–Kier alpha value is -0.930. The first kappa shape index (κ1) is 16.4. The van der Waals surface area contributed by atoms with E-state index in [9.17, 15) is 4.39 Å². The molecular weight excluding hydrogens is 265 g/mol. The van der Waals surface area contributed by atoms with Gasteiger partial charge in [0.15, 0.2) is 0 Å². The molecule has 1 unspecified atom stereocenters. The Balaban J connectivity index is 2.13. The van der Waals surface area contributed by atoms with Crippen LogP contribution in [-0.4, -0.2) is 25.3 Å². The summed E-state index contributed by atoms with van der Waals surface area (Å²) in [6.07, 6.45) is 5.54. The second-order valence-corrected chi connectivity index (χ2v) is 6.35. The topological polar surface area (TPSA) is 21.3 Å². The van der Waals surface area contributed by atoms with Crippen molar-refractivity contribution in [1.29, 1.82) is 0 Å². The number of likely N-dealkylation sites (N-methyl/N-ethyl adjacent to an activating group) is 1. The third kappa shape index (κ3) is 4.04. The van der Waals surface area contributed by atoms with E-state index >= 15 is 0 Å². The first-order chi connectivity index (χ1) is 10.1. The molecule has 1 aromatic carbocycles. The van der Waals surface area contributed by atoms with E-state index in [0.29, 0.717) is 0 Å². The van der Waals surface area contributed by atoms with Gasteiger partial charge in [0.25, 0.3) is 0 Å². The Bertz CT molecular complexity index is 423.